The molecule has 0 atom stereocenters. The third kappa shape index (κ3) is 1.91. The molecule has 1 aliphatic heterocycles. The van der Waals surface area contributed by atoms with Crippen LogP contribution in [-0.4, -0.2) is 34.8 Å². The van der Waals surface area contributed by atoms with Gasteiger partial charge in [0, 0.05) is 13.1 Å². The molecule has 3 heterocycles. The van der Waals surface area contributed by atoms with Gasteiger partial charge in [0.2, 0.25) is 0 Å². The monoisotopic (exact) mass is 251 g/mol. The molecular formula is C11H17N5S. The quantitative estimate of drug-likeness (QED) is 0.850. The molecule has 2 aromatic heterocycles. The van der Waals surface area contributed by atoms with Crippen LogP contribution in [0.1, 0.15) is 19.8 Å². The van der Waals surface area contributed by atoms with Crippen LogP contribution in [0.3, 0.4) is 0 Å². The van der Waals surface area contributed by atoms with Crippen LogP contribution in [0.25, 0.3) is 10.3 Å². The van der Waals surface area contributed by atoms with Gasteiger partial charge in [-0.05, 0) is 24.8 Å². The fourth-order valence-electron chi connectivity index (χ4n) is 2.22. The van der Waals surface area contributed by atoms with Crippen LogP contribution in [-0.2, 0) is 0 Å². The lowest BCUT2D eigenvalue weighted by Crippen LogP contribution is -2.42. The lowest BCUT2D eigenvalue weighted by Gasteiger charge is -2.38. The maximum Gasteiger partial charge on any atom is 0.187 e. The minimum atomic E-state index is 0.316. The molecule has 1 aliphatic rings. The molecule has 1 saturated heterocycles. The number of hydrogen-bond acceptors (Lipinski definition) is 5. The first-order valence-electron chi connectivity index (χ1n) is 5.95. The molecule has 3 rings (SSSR count). The number of nitrogens with zero attached hydrogens (tertiary/aromatic N) is 3. The van der Waals surface area contributed by atoms with E-state index in [0.29, 0.717) is 5.41 Å². The van der Waals surface area contributed by atoms with Crippen molar-refractivity contribution in [2.75, 3.05) is 24.5 Å². The van der Waals surface area contributed by atoms with Crippen LogP contribution < -0.4 is 10.6 Å². The van der Waals surface area contributed by atoms with E-state index in [1.165, 1.54) is 0 Å². The third-order valence-electron chi connectivity index (χ3n) is 3.73. The standard InChI is InChI=1S/C11H17N5S/c1-11(7-12)2-4-16(5-3-11)10-14-8-6-13-15-9(8)17-10/h6H,2-5,7,12H2,1H3,(H,13,15). The Morgan fingerprint density at radius 1 is 1.53 bits per heavy atom. The van der Waals surface area contributed by atoms with Crippen molar-refractivity contribution in [3.8, 4) is 0 Å². The minimum absolute atomic E-state index is 0.316. The zero-order valence-corrected chi connectivity index (χ0v) is 10.8. The molecule has 2 aromatic rings. The molecule has 0 aromatic carbocycles. The molecule has 0 amide bonds. The molecule has 0 radical (unpaired) electrons. The highest BCUT2D eigenvalue weighted by Crippen LogP contribution is 2.34. The Balaban J connectivity index is 1.76. The van der Waals surface area contributed by atoms with Gasteiger partial charge in [-0.2, -0.15) is 5.10 Å². The summed E-state index contributed by atoms with van der Waals surface area (Å²) in [4.78, 5) is 8.01. The highest BCUT2D eigenvalue weighted by Gasteiger charge is 2.29. The maximum absolute atomic E-state index is 5.82. The Morgan fingerprint density at radius 2 is 2.29 bits per heavy atom. The van der Waals surface area contributed by atoms with E-state index in [2.05, 4.69) is 27.0 Å². The van der Waals surface area contributed by atoms with Crippen LogP contribution in [0.5, 0.6) is 0 Å². The fourth-order valence-corrected chi connectivity index (χ4v) is 3.16. The van der Waals surface area contributed by atoms with Crippen LogP contribution in [0.15, 0.2) is 6.20 Å². The number of piperidine rings is 1. The molecule has 0 spiro atoms. The van der Waals surface area contributed by atoms with E-state index >= 15 is 0 Å². The molecular weight excluding hydrogens is 234 g/mol. The number of anilines is 1. The molecule has 0 bridgehead atoms. The topological polar surface area (TPSA) is 70.8 Å². The van der Waals surface area contributed by atoms with Gasteiger partial charge >= 0.3 is 0 Å². The number of nitrogens with one attached hydrogen (secondary N) is 1. The average Bonchev–Trinajstić information content (AvgIpc) is 2.90. The van der Waals surface area contributed by atoms with Crippen molar-refractivity contribution in [3.05, 3.63) is 6.20 Å². The first kappa shape index (κ1) is 11.0. The largest absolute Gasteiger partial charge is 0.348 e. The van der Waals surface area contributed by atoms with Crippen molar-refractivity contribution in [1.82, 2.24) is 15.2 Å². The van der Waals surface area contributed by atoms with Crippen molar-refractivity contribution in [2.24, 2.45) is 11.1 Å². The van der Waals surface area contributed by atoms with Gasteiger partial charge in [0.1, 0.15) is 10.3 Å². The Labute approximate surface area is 104 Å². The summed E-state index contributed by atoms with van der Waals surface area (Å²) in [6, 6.07) is 0. The van der Waals surface area contributed by atoms with Crippen LogP contribution in [0.4, 0.5) is 5.13 Å². The fraction of sp³-hybridized carbons (Fsp3) is 0.636. The van der Waals surface area contributed by atoms with Gasteiger partial charge in [-0.3, -0.25) is 5.10 Å². The number of thiazole rings is 1. The maximum atomic E-state index is 5.82. The molecule has 1 fully saturated rings. The predicted molar refractivity (Wildman–Crippen MR) is 70.4 cm³/mol. The van der Waals surface area contributed by atoms with E-state index in [4.69, 9.17) is 5.73 Å². The van der Waals surface area contributed by atoms with Crippen molar-refractivity contribution < 1.29 is 0 Å². The third-order valence-corrected chi connectivity index (χ3v) is 4.77. The van der Waals surface area contributed by atoms with E-state index in [9.17, 15) is 0 Å². The Bertz CT molecular complexity index is 480. The second-order valence-electron chi connectivity index (χ2n) is 5.08. The molecule has 0 saturated carbocycles. The number of hydrogen-bond donors (Lipinski definition) is 2. The molecule has 6 heteroatoms. The van der Waals surface area contributed by atoms with Crippen molar-refractivity contribution in [1.29, 1.82) is 0 Å². The van der Waals surface area contributed by atoms with Gasteiger partial charge in [-0.15, -0.1) is 0 Å². The number of nitrogens with two attached hydrogens (primary N) is 1. The lowest BCUT2D eigenvalue weighted by atomic mass is 9.81. The lowest BCUT2D eigenvalue weighted by molar-refractivity contribution is 0.258. The second kappa shape index (κ2) is 3.96. The van der Waals surface area contributed by atoms with Gasteiger partial charge in [-0.25, -0.2) is 4.98 Å². The Hall–Kier alpha value is -1.14. The summed E-state index contributed by atoms with van der Waals surface area (Å²) in [5, 5.41) is 8.04. The summed E-state index contributed by atoms with van der Waals surface area (Å²) in [7, 11) is 0. The van der Waals surface area contributed by atoms with Gasteiger partial charge < -0.3 is 10.6 Å². The average molecular weight is 251 g/mol. The van der Waals surface area contributed by atoms with E-state index in [1.807, 2.05) is 0 Å². The van der Waals surface area contributed by atoms with Gasteiger partial charge in [-0.1, -0.05) is 18.3 Å². The van der Waals surface area contributed by atoms with Gasteiger partial charge in [0.05, 0.1) is 6.20 Å². The van der Waals surface area contributed by atoms with Crippen LogP contribution in [0.2, 0.25) is 0 Å². The first-order valence-corrected chi connectivity index (χ1v) is 6.77. The Morgan fingerprint density at radius 3 is 2.94 bits per heavy atom. The SMILES string of the molecule is CC1(CN)CCN(c2nc3cn[nH]c3s2)CC1. The highest BCUT2D eigenvalue weighted by molar-refractivity contribution is 7.21. The van der Waals surface area contributed by atoms with E-state index in [1.54, 1.807) is 17.5 Å². The Kier molecular flexibility index (Phi) is 2.56. The summed E-state index contributed by atoms with van der Waals surface area (Å²) in [5.74, 6) is 0. The molecule has 3 N–H and O–H groups in total. The normalized spacial score (nSPS) is 20.0. The van der Waals surface area contributed by atoms with Crippen LogP contribution in [0, 0.1) is 5.41 Å². The summed E-state index contributed by atoms with van der Waals surface area (Å²) in [6.45, 7) is 5.16. The highest BCUT2D eigenvalue weighted by atomic mass is 32.1. The van der Waals surface area contributed by atoms with Gasteiger partial charge in [0.15, 0.2) is 5.13 Å². The van der Waals surface area contributed by atoms with Crippen LogP contribution >= 0.6 is 11.3 Å². The zero-order chi connectivity index (χ0) is 11.9. The number of fused-ring (bicyclic) bond motifs is 1. The first-order chi connectivity index (χ1) is 8.20. The van der Waals surface area contributed by atoms with E-state index in [0.717, 1.165) is 48.0 Å². The molecule has 17 heavy (non-hydrogen) atoms. The molecule has 0 aliphatic carbocycles. The summed E-state index contributed by atoms with van der Waals surface area (Å²) < 4.78 is 0. The molecule has 0 unspecified atom stereocenters. The minimum Gasteiger partial charge on any atom is -0.348 e. The van der Waals surface area contributed by atoms with Crippen molar-refractivity contribution in [3.63, 3.8) is 0 Å². The van der Waals surface area contributed by atoms with Crippen molar-refractivity contribution >= 4 is 26.8 Å². The summed E-state index contributed by atoms with van der Waals surface area (Å²) in [6.07, 6.45) is 4.08. The predicted octanol–water partition coefficient (Wildman–Crippen LogP) is 1.58. The van der Waals surface area contributed by atoms with E-state index < -0.39 is 0 Å². The molecule has 92 valence electrons. The molecule has 5 nitrogen and oxygen atoms in total. The number of rotatable bonds is 2. The smallest absolute Gasteiger partial charge is 0.187 e. The van der Waals surface area contributed by atoms with E-state index in [-0.39, 0.29) is 0 Å². The number of aromatic amines is 1. The summed E-state index contributed by atoms with van der Waals surface area (Å²) in [5.41, 5.74) is 7.11. The number of H-pyrrole nitrogens is 1. The van der Waals surface area contributed by atoms with Crippen molar-refractivity contribution in [2.45, 2.75) is 19.8 Å². The number of aromatic nitrogens is 3. The zero-order valence-electron chi connectivity index (χ0n) is 9.94. The summed E-state index contributed by atoms with van der Waals surface area (Å²) >= 11 is 1.68. The second-order valence-corrected chi connectivity index (χ2v) is 6.06. The van der Waals surface area contributed by atoms with Gasteiger partial charge in [0.25, 0.3) is 0 Å².